The summed E-state index contributed by atoms with van der Waals surface area (Å²) in [7, 11) is 1.60. The molecule has 1 aliphatic heterocycles. The summed E-state index contributed by atoms with van der Waals surface area (Å²) >= 11 is 0. The summed E-state index contributed by atoms with van der Waals surface area (Å²) in [4.78, 5) is 27.7. The molecular weight excluding hydrogens is 380 g/mol. The maximum Gasteiger partial charge on any atom is 0.321 e. The number of urea groups is 1. The summed E-state index contributed by atoms with van der Waals surface area (Å²) < 4.78 is 10.6. The molecule has 3 rings (SSSR count). The first-order valence-electron chi connectivity index (χ1n) is 10.4. The number of esters is 1. The summed E-state index contributed by atoms with van der Waals surface area (Å²) in [6, 6.07) is 15.1. The number of likely N-dealkylation sites (tertiary alicyclic amines) is 1. The molecule has 0 unspecified atom stereocenters. The average Bonchev–Trinajstić information content (AvgIpc) is 2.76. The molecule has 160 valence electrons. The zero-order chi connectivity index (χ0) is 21.6. The van der Waals surface area contributed by atoms with Crippen LogP contribution in [-0.4, -0.2) is 43.7 Å². The van der Waals surface area contributed by atoms with E-state index in [2.05, 4.69) is 5.32 Å². The Morgan fingerprint density at radius 2 is 1.87 bits per heavy atom. The van der Waals surface area contributed by atoms with Crippen molar-refractivity contribution in [3.8, 4) is 5.75 Å². The fraction of sp³-hybridized carbons (Fsp3) is 0.417. The molecular formula is C24H30N2O4. The predicted octanol–water partition coefficient (Wildman–Crippen LogP) is 4.42. The van der Waals surface area contributed by atoms with Crippen LogP contribution in [0.1, 0.15) is 30.9 Å². The number of amides is 2. The number of hydrogen-bond acceptors (Lipinski definition) is 4. The van der Waals surface area contributed by atoms with Crippen molar-refractivity contribution in [2.45, 2.75) is 33.1 Å². The first-order valence-corrected chi connectivity index (χ1v) is 10.4. The molecule has 6 nitrogen and oxygen atoms in total. The summed E-state index contributed by atoms with van der Waals surface area (Å²) in [5, 5.41) is 2.93. The third kappa shape index (κ3) is 4.93. The van der Waals surface area contributed by atoms with Crippen LogP contribution in [0.15, 0.2) is 48.5 Å². The minimum atomic E-state index is -0.738. The number of nitrogens with one attached hydrogen (secondary N) is 1. The van der Waals surface area contributed by atoms with Crippen molar-refractivity contribution in [3.63, 3.8) is 0 Å². The van der Waals surface area contributed by atoms with E-state index in [4.69, 9.17) is 9.47 Å². The van der Waals surface area contributed by atoms with Gasteiger partial charge in [0, 0.05) is 18.8 Å². The second kappa shape index (κ2) is 9.65. The topological polar surface area (TPSA) is 67.9 Å². The van der Waals surface area contributed by atoms with Crippen molar-refractivity contribution in [1.82, 2.24) is 4.90 Å². The van der Waals surface area contributed by atoms with Gasteiger partial charge in [-0.15, -0.1) is 0 Å². The van der Waals surface area contributed by atoms with Gasteiger partial charge in [0.15, 0.2) is 0 Å². The number of carbonyl (C=O) groups excluding carboxylic acids is 2. The fourth-order valence-electron chi connectivity index (χ4n) is 4.02. The molecule has 1 aliphatic rings. The zero-order valence-corrected chi connectivity index (χ0v) is 17.9. The van der Waals surface area contributed by atoms with Crippen LogP contribution >= 0.6 is 0 Å². The quantitative estimate of drug-likeness (QED) is 0.716. The van der Waals surface area contributed by atoms with E-state index >= 15 is 0 Å². The lowest BCUT2D eigenvalue weighted by Crippen LogP contribution is -2.52. The Labute approximate surface area is 178 Å². The van der Waals surface area contributed by atoms with Crippen LogP contribution in [0.25, 0.3) is 0 Å². The number of rotatable bonds is 6. The minimum absolute atomic E-state index is 0.210. The number of ether oxygens (including phenoxy) is 2. The van der Waals surface area contributed by atoms with Gasteiger partial charge in [-0.25, -0.2) is 4.79 Å². The molecule has 0 radical (unpaired) electrons. The Balaban J connectivity index is 1.79. The van der Waals surface area contributed by atoms with Gasteiger partial charge in [-0.1, -0.05) is 24.3 Å². The van der Waals surface area contributed by atoms with Gasteiger partial charge in [0.2, 0.25) is 0 Å². The summed E-state index contributed by atoms with van der Waals surface area (Å²) in [6.45, 7) is 5.13. The Hall–Kier alpha value is -3.02. The van der Waals surface area contributed by atoms with Crippen LogP contribution in [0.3, 0.4) is 0 Å². The van der Waals surface area contributed by atoms with E-state index < -0.39 is 5.41 Å². The molecule has 0 aromatic heterocycles. The van der Waals surface area contributed by atoms with Crippen LogP contribution < -0.4 is 10.1 Å². The van der Waals surface area contributed by atoms with E-state index in [0.29, 0.717) is 38.2 Å². The standard InChI is InChI=1S/C24H30N2O4/c1-4-30-22(27)24(16-19-9-6-5-8-18(19)2)14-7-15-26(17-24)23(28)25-20-10-12-21(29-3)13-11-20/h5-6,8-13H,4,7,14-17H2,1-3H3,(H,25,28)/t24-/m0/s1. The van der Waals surface area contributed by atoms with Crippen LogP contribution in [0.5, 0.6) is 5.75 Å². The highest BCUT2D eigenvalue weighted by molar-refractivity contribution is 5.90. The minimum Gasteiger partial charge on any atom is -0.497 e. The maximum absolute atomic E-state index is 13.0. The highest BCUT2D eigenvalue weighted by Crippen LogP contribution is 2.36. The number of aryl methyl sites for hydroxylation is 1. The number of hydrogen-bond donors (Lipinski definition) is 1. The fourth-order valence-corrected chi connectivity index (χ4v) is 4.02. The smallest absolute Gasteiger partial charge is 0.321 e. The van der Waals surface area contributed by atoms with Gasteiger partial charge in [-0.05, 0) is 68.5 Å². The Kier molecular flexibility index (Phi) is 6.98. The predicted molar refractivity (Wildman–Crippen MR) is 117 cm³/mol. The molecule has 0 saturated carbocycles. The maximum atomic E-state index is 13.0. The molecule has 30 heavy (non-hydrogen) atoms. The molecule has 1 atom stereocenters. The molecule has 0 bridgehead atoms. The summed E-state index contributed by atoms with van der Waals surface area (Å²) in [5.74, 6) is 0.501. The van der Waals surface area contributed by atoms with Crippen molar-refractivity contribution in [3.05, 3.63) is 59.7 Å². The first kappa shape index (κ1) is 21.7. The van der Waals surface area contributed by atoms with E-state index in [1.165, 1.54) is 0 Å². The van der Waals surface area contributed by atoms with E-state index in [1.807, 2.05) is 38.1 Å². The molecule has 0 aliphatic carbocycles. The largest absolute Gasteiger partial charge is 0.497 e. The first-order chi connectivity index (χ1) is 14.5. The highest BCUT2D eigenvalue weighted by Gasteiger charge is 2.45. The number of nitrogens with zero attached hydrogens (tertiary/aromatic N) is 1. The normalized spacial score (nSPS) is 18.6. The molecule has 2 aromatic carbocycles. The molecule has 1 heterocycles. The molecule has 2 aromatic rings. The lowest BCUT2D eigenvalue weighted by molar-refractivity contribution is -0.158. The molecule has 1 fully saturated rings. The van der Waals surface area contributed by atoms with E-state index in [-0.39, 0.29) is 12.0 Å². The Bertz CT molecular complexity index is 881. The number of piperidine rings is 1. The van der Waals surface area contributed by atoms with Crippen LogP contribution in [0.2, 0.25) is 0 Å². The average molecular weight is 411 g/mol. The second-order valence-corrected chi connectivity index (χ2v) is 7.79. The van der Waals surface area contributed by atoms with Gasteiger partial charge in [0.1, 0.15) is 5.75 Å². The van der Waals surface area contributed by atoms with Crippen molar-refractivity contribution in [2.24, 2.45) is 5.41 Å². The van der Waals surface area contributed by atoms with E-state index in [9.17, 15) is 9.59 Å². The number of anilines is 1. The van der Waals surface area contributed by atoms with E-state index in [1.54, 1.807) is 36.3 Å². The molecule has 6 heteroatoms. The Morgan fingerprint density at radius 1 is 1.13 bits per heavy atom. The Morgan fingerprint density at radius 3 is 2.53 bits per heavy atom. The molecule has 1 saturated heterocycles. The molecule has 0 spiro atoms. The number of benzene rings is 2. The van der Waals surface area contributed by atoms with Gasteiger partial charge in [0.25, 0.3) is 0 Å². The SMILES string of the molecule is CCOC(=O)[C@]1(Cc2ccccc2C)CCCN(C(=O)Nc2ccc(OC)cc2)C1. The number of carbonyl (C=O) groups is 2. The molecule has 1 N–H and O–H groups in total. The monoisotopic (exact) mass is 410 g/mol. The van der Waals surface area contributed by atoms with Gasteiger partial charge in [0.05, 0.1) is 19.1 Å². The summed E-state index contributed by atoms with van der Waals surface area (Å²) in [5.41, 5.74) is 2.20. The lowest BCUT2D eigenvalue weighted by Gasteiger charge is -2.41. The van der Waals surface area contributed by atoms with Crippen molar-refractivity contribution in [2.75, 3.05) is 32.1 Å². The van der Waals surface area contributed by atoms with Gasteiger partial charge >= 0.3 is 12.0 Å². The van der Waals surface area contributed by atoms with Crippen molar-refractivity contribution in [1.29, 1.82) is 0 Å². The van der Waals surface area contributed by atoms with Gasteiger partial charge in [-0.3, -0.25) is 4.79 Å². The van der Waals surface area contributed by atoms with Gasteiger partial charge in [-0.2, -0.15) is 0 Å². The summed E-state index contributed by atoms with van der Waals surface area (Å²) in [6.07, 6.45) is 2.01. The van der Waals surface area contributed by atoms with E-state index in [0.717, 1.165) is 23.3 Å². The van der Waals surface area contributed by atoms with Crippen LogP contribution in [0, 0.1) is 12.3 Å². The van der Waals surface area contributed by atoms with Crippen LogP contribution in [-0.2, 0) is 16.0 Å². The van der Waals surface area contributed by atoms with Gasteiger partial charge < -0.3 is 19.7 Å². The van der Waals surface area contributed by atoms with Crippen molar-refractivity contribution < 1.29 is 19.1 Å². The number of methoxy groups -OCH3 is 1. The highest BCUT2D eigenvalue weighted by atomic mass is 16.5. The van der Waals surface area contributed by atoms with Crippen molar-refractivity contribution >= 4 is 17.7 Å². The third-order valence-electron chi connectivity index (χ3n) is 5.70. The third-order valence-corrected chi connectivity index (χ3v) is 5.70. The molecule has 2 amide bonds. The second-order valence-electron chi connectivity index (χ2n) is 7.79. The lowest BCUT2D eigenvalue weighted by atomic mass is 9.74. The zero-order valence-electron chi connectivity index (χ0n) is 17.9. The van der Waals surface area contributed by atoms with Crippen LogP contribution in [0.4, 0.5) is 10.5 Å².